The van der Waals surface area contributed by atoms with Crippen LogP contribution < -0.4 is 4.90 Å². The molecule has 0 unspecified atom stereocenters. The highest BCUT2D eigenvalue weighted by molar-refractivity contribution is 5.63. The van der Waals surface area contributed by atoms with E-state index in [-0.39, 0.29) is 10.6 Å². The Bertz CT molecular complexity index is 555. The Morgan fingerprint density at radius 1 is 1.10 bits per heavy atom. The molecule has 1 aromatic heterocycles. The van der Waals surface area contributed by atoms with Crippen molar-refractivity contribution in [3.05, 3.63) is 58.9 Å². The molecule has 0 aliphatic carbocycles. The lowest BCUT2D eigenvalue weighted by atomic mass is 10.2. The second-order valence-electron chi connectivity index (χ2n) is 4.48. The van der Waals surface area contributed by atoms with Crippen LogP contribution in [0.2, 0.25) is 0 Å². The van der Waals surface area contributed by atoms with E-state index in [0.29, 0.717) is 0 Å². The van der Waals surface area contributed by atoms with Gasteiger partial charge in [-0.25, -0.2) is 0 Å². The Morgan fingerprint density at radius 2 is 1.70 bits per heavy atom. The molecule has 0 saturated carbocycles. The number of anilines is 2. The topological polar surface area (TPSA) is 59.3 Å². The minimum atomic E-state index is -0.382. The molecule has 0 aliphatic rings. The molecule has 0 fully saturated rings. The van der Waals surface area contributed by atoms with E-state index in [2.05, 4.69) is 16.8 Å². The quantitative estimate of drug-likeness (QED) is 0.590. The summed E-state index contributed by atoms with van der Waals surface area (Å²) in [7, 11) is 0. The first-order chi connectivity index (χ1) is 9.72. The SMILES string of the molecule is CCCCN(c1ccncc1)c1ccc([N+](=O)[O-])cc1. The summed E-state index contributed by atoms with van der Waals surface area (Å²) in [5, 5.41) is 10.7. The molecule has 1 aromatic carbocycles. The van der Waals surface area contributed by atoms with Gasteiger partial charge in [0.1, 0.15) is 0 Å². The molecule has 2 aromatic rings. The summed E-state index contributed by atoms with van der Waals surface area (Å²) in [4.78, 5) is 16.5. The molecule has 5 nitrogen and oxygen atoms in total. The van der Waals surface area contributed by atoms with E-state index in [1.807, 2.05) is 12.1 Å². The molecular weight excluding hydrogens is 254 g/mol. The second kappa shape index (κ2) is 6.65. The van der Waals surface area contributed by atoms with Crippen LogP contribution in [0, 0.1) is 10.1 Å². The molecule has 0 radical (unpaired) electrons. The number of hydrogen-bond donors (Lipinski definition) is 0. The average Bonchev–Trinajstić information content (AvgIpc) is 2.49. The molecule has 1 heterocycles. The van der Waals surface area contributed by atoms with Crippen LogP contribution in [0.1, 0.15) is 19.8 Å². The molecule has 104 valence electrons. The monoisotopic (exact) mass is 271 g/mol. The normalized spacial score (nSPS) is 10.2. The molecule has 0 bridgehead atoms. The fourth-order valence-electron chi connectivity index (χ4n) is 2.00. The van der Waals surface area contributed by atoms with Crippen molar-refractivity contribution in [2.45, 2.75) is 19.8 Å². The van der Waals surface area contributed by atoms with Gasteiger partial charge in [-0.15, -0.1) is 0 Å². The van der Waals surface area contributed by atoms with Crippen LogP contribution in [0.5, 0.6) is 0 Å². The number of nitro groups is 1. The third-order valence-electron chi connectivity index (χ3n) is 3.08. The van der Waals surface area contributed by atoms with Crippen molar-refractivity contribution < 1.29 is 4.92 Å². The van der Waals surface area contributed by atoms with E-state index >= 15 is 0 Å². The predicted molar refractivity (Wildman–Crippen MR) is 79.2 cm³/mol. The van der Waals surface area contributed by atoms with Crippen LogP contribution in [0.15, 0.2) is 48.8 Å². The number of nitrogens with zero attached hydrogens (tertiary/aromatic N) is 3. The fraction of sp³-hybridized carbons (Fsp3) is 0.267. The summed E-state index contributed by atoms with van der Waals surface area (Å²) in [6, 6.07) is 10.5. The summed E-state index contributed by atoms with van der Waals surface area (Å²) in [5.74, 6) is 0. The third kappa shape index (κ3) is 3.32. The number of aromatic nitrogens is 1. The minimum Gasteiger partial charge on any atom is -0.341 e. The van der Waals surface area contributed by atoms with E-state index in [0.717, 1.165) is 30.8 Å². The van der Waals surface area contributed by atoms with Gasteiger partial charge in [0.25, 0.3) is 5.69 Å². The maximum atomic E-state index is 10.7. The molecule has 0 aliphatic heterocycles. The molecule has 0 saturated heterocycles. The van der Waals surface area contributed by atoms with Gasteiger partial charge in [-0.1, -0.05) is 13.3 Å². The molecule has 0 spiro atoms. The largest absolute Gasteiger partial charge is 0.341 e. The molecular formula is C15H17N3O2. The zero-order valence-corrected chi connectivity index (χ0v) is 11.4. The minimum absolute atomic E-state index is 0.110. The summed E-state index contributed by atoms with van der Waals surface area (Å²) in [6.07, 6.45) is 5.65. The van der Waals surface area contributed by atoms with Gasteiger partial charge in [-0.3, -0.25) is 15.1 Å². The Kier molecular flexibility index (Phi) is 4.65. The molecule has 20 heavy (non-hydrogen) atoms. The van der Waals surface area contributed by atoms with Gasteiger partial charge in [-0.05, 0) is 30.7 Å². The van der Waals surface area contributed by atoms with Crippen molar-refractivity contribution in [3.63, 3.8) is 0 Å². The molecule has 5 heteroatoms. The summed E-state index contributed by atoms with van der Waals surface area (Å²) in [5.41, 5.74) is 2.11. The Balaban J connectivity index is 2.28. The van der Waals surface area contributed by atoms with Crippen molar-refractivity contribution in [1.29, 1.82) is 0 Å². The van der Waals surface area contributed by atoms with Crippen LogP contribution in [-0.4, -0.2) is 16.5 Å². The molecule has 2 rings (SSSR count). The second-order valence-corrected chi connectivity index (χ2v) is 4.48. The van der Waals surface area contributed by atoms with Crippen molar-refractivity contribution in [3.8, 4) is 0 Å². The highest BCUT2D eigenvalue weighted by Crippen LogP contribution is 2.27. The van der Waals surface area contributed by atoms with E-state index < -0.39 is 0 Å². The first kappa shape index (κ1) is 14.0. The van der Waals surface area contributed by atoms with Crippen molar-refractivity contribution in [2.24, 2.45) is 0 Å². The molecule has 0 amide bonds. The van der Waals surface area contributed by atoms with Gasteiger partial charge >= 0.3 is 0 Å². The van der Waals surface area contributed by atoms with Gasteiger partial charge in [0, 0.05) is 42.4 Å². The molecule has 0 atom stereocenters. The fourth-order valence-corrected chi connectivity index (χ4v) is 2.00. The smallest absolute Gasteiger partial charge is 0.269 e. The average molecular weight is 271 g/mol. The van der Waals surface area contributed by atoms with E-state index in [1.165, 1.54) is 12.1 Å². The first-order valence-corrected chi connectivity index (χ1v) is 6.64. The van der Waals surface area contributed by atoms with E-state index in [4.69, 9.17) is 0 Å². The lowest BCUT2D eigenvalue weighted by Crippen LogP contribution is -2.18. The van der Waals surface area contributed by atoms with E-state index in [9.17, 15) is 10.1 Å². The third-order valence-corrected chi connectivity index (χ3v) is 3.08. The number of non-ortho nitro benzene ring substituents is 1. The number of nitro benzene ring substituents is 1. The van der Waals surface area contributed by atoms with Gasteiger partial charge in [-0.2, -0.15) is 0 Å². The van der Waals surface area contributed by atoms with Crippen LogP contribution in [0.25, 0.3) is 0 Å². The van der Waals surface area contributed by atoms with Crippen LogP contribution in [-0.2, 0) is 0 Å². The van der Waals surface area contributed by atoms with Gasteiger partial charge in [0.05, 0.1) is 4.92 Å². The summed E-state index contributed by atoms with van der Waals surface area (Å²) < 4.78 is 0. The highest BCUT2D eigenvalue weighted by Gasteiger charge is 2.11. The number of hydrogen-bond acceptors (Lipinski definition) is 4. The molecule has 0 N–H and O–H groups in total. The highest BCUT2D eigenvalue weighted by atomic mass is 16.6. The Morgan fingerprint density at radius 3 is 2.25 bits per heavy atom. The van der Waals surface area contributed by atoms with Crippen LogP contribution in [0.4, 0.5) is 17.1 Å². The van der Waals surface area contributed by atoms with Gasteiger partial charge in [0.15, 0.2) is 0 Å². The van der Waals surface area contributed by atoms with Gasteiger partial charge < -0.3 is 4.90 Å². The zero-order chi connectivity index (χ0) is 14.4. The Labute approximate surface area is 118 Å². The van der Waals surface area contributed by atoms with E-state index in [1.54, 1.807) is 24.5 Å². The van der Waals surface area contributed by atoms with Crippen molar-refractivity contribution in [2.75, 3.05) is 11.4 Å². The number of unbranched alkanes of at least 4 members (excludes halogenated alkanes) is 1. The first-order valence-electron chi connectivity index (χ1n) is 6.64. The van der Waals surface area contributed by atoms with Crippen LogP contribution in [0.3, 0.4) is 0 Å². The standard InChI is InChI=1S/C15H17N3O2/c1-2-3-12-17(14-8-10-16-11-9-14)13-4-6-15(7-5-13)18(19)20/h4-11H,2-3,12H2,1H3. The summed E-state index contributed by atoms with van der Waals surface area (Å²) >= 11 is 0. The number of pyridine rings is 1. The lowest BCUT2D eigenvalue weighted by molar-refractivity contribution is -0.384. The van der Waals surface area contributed by atoms with Crippen LogP contribution >= 0.6 is 0 Å². The number of benzene rings is 1. The van der Waals surface area contributed by atoms with Gasteiger partial charge in [0.2, 0.25) is 0 Å². The van der Waals surface area contributed by atoms with Crippen molar-refractivity contribution >= 4 is 17.1 Å². The zero-order valence-electron chi connectivity index (χ0n) is 11.4. The lowest BCUT2D eigenvalue weighted by Gasteiger charge is -2.24. The predicted octanol–water partition coefficient (Wildman–Crippen LogP) is 3.93. The maximum absolute atomic E-state index is 10.7. The number of rotatable bonds is 6. The maximum Gasteiger partial charge on any atom is 0.269 e. The van der Waals surface area contributed by atoms with Crippen molar-refractivity contribution in [1.82, 2.24) is 4.98 Å². The summed E-state index contributed by atoms with van der Waals surface area (Å²) in [6.45, 7) is 3.01. The Hall–Kier alpha value is -2.43.